The number of nitrogens with zero attached hydrogens (tertiary/aromatic N) is 6. The first kappa shape index (κ1) is 21.9. The molecule has 176 valence electrons. The minimum atomic E-state index is -0.716. The Labute approximate surface area is 193 Å². The molecule has 1 atom stereocenters. The van der Waals surface area contributed by atoms with Crippen LogP contribution in [0.1, 0.15) is 23.7 Å². The number of amides is 2. The lowest BCUT2D eigenvalue weighted by atomic mass is 10.0. The standard InChI is InChI=1S/C23H21F3N6O2/c1-13-5-21(30(2)29-13)19-9-22(18(26)10-27-19)34-17-11-31(12-17)23(33)32-20(3-4-28-32)14-6-15(24)8-16(25)7-14/h4-10,17,20H,3,11-12H2,1-2H3. The van der Waals surface area contributed by atoms with Crippen LogP contribution in [-0.2, 0) is 7.05 Å². The molecule has 0 saturated carbocycles. The molecule has 0 N–H and O–H groups in total. The van der Waals surface area contributed by atoms with Crippen molar-refractivity contribution in [3.8, 4) is 17.1 Å². The lowest BCUT2D eigenvalue weighted by Gasteiger charge is -2.41. The van der Waals surface area contributed by atoms with E-state index in [2.05, 4.69) is 15.2 Å². The second-order valence-corrected chi connectivity index (χ2v) is 8.32. The SMILES string of the molecule is Cc1cc(-c2cc(OC3CN(C(=O)N4N=CCC4c4cc(F)cc(F)c4)C3)c(F)cn2)n(C)n1. The van der Waals surface area contributed by atoms with E-state index in [1.54, 1.807) is 11.7 Å². The molecule has 2 aliphatic heterocycles. The van der Waals surface area contributed by atoms with Gasteiger partial charge in [0.25, 0.3) is 0 Å². The van der Waals surface area contributed by atoms with Crippen molar-refractivity contribution in [1.82, 2.24) is 24.7 Å². The molecular formula is C23H21F3N6O2. The number of urea groups is 1. The molecule has 1 aromatic carbocycles. The average molecular weight is 470 g/mol. The number of benzene rings is 1. The molecule has 5 rings (SSSR count). The second kappa shape index (κ2) is 8.47. The molecule has 0 bridgehead atoms. The minimum Gasteiger partial charge on any atom is -0.483 e. The molecule has 3 aromatic rings. The first-order chi connectivity index (χ1) is 16.3. The normalized spacial score (nSPS) is 17.9. The van der Waals surface area contributed by atoms with Gasteiger partial charge >= 0.3 is 6.03 Å². The number of ether oxygens (including phenoxy) is 1. The molecule has 0 spiro atoms. The zero-order valence-electron chi connectivity index (χ0n) is 18.5. The van der Waals surface area contributed by atoms with Gasteiger partial charge in [0.05, 0.1) is 42.4 Å². The van der Waals surface area contributed by atoms with Crippen LogP contribution < -0.4 is 4.74 Å². The Hall–Kier alpha value is -3.89. The lowest BCUT2D eigenvalue weighted by molar-refractivity contribution is 0.0256. The van der Waals surface area contributed by atoms with Crippen LogP contribution in [0.5, 0.6) is 5.75 Å². The van der Waals surface area contributed by atoms with E-state index in [1.165, 1.54) is 34.3 Å². The smallest absolute Gasteiger partial charge is 0.341 e. The number of hydrazone groups is 1. The summed E-state index contributed by atoms with van der Waals surface area (Å²) in [5, 5.41) is 9.57. The summed E-state index contributed by atoms with van der Waals surface area (Å²) >= 11 is 0. The van der Waals surface area contributed by atoms with Crippen LogP contribution in [0, 0.1) is 24.4 Å². The molecule has 1 saturated heterocycles. The van der Waals surface area contributed by atoms with Gasteiger partial charge in [0, 0.05) is 31.8 Å². The molecule has 34 heavy (non-hydrogen) atoms. The van der Waals surface area contributed by atoms with Gasteiger partial charge in [-0.1, -0.05) is 0 Å². The van der Waals surface area contributed by atoms with Crippen molar-refractivity contribution in [2.45, 2.75) is 25.5 Å². The van der Waals surface area contributed by atoms with Crippen LogP contribution in [0.3, 0.4) is 0 Å². The number of carbonyl (C=O) groups excluding carboxylic acids is 1. The van der Waals surface area contributed by atoms with Crippen LogP contribution in [0.2, 0.25) is 0 Å². The van der Waals surface area contributed by atoms with Gasteiger partial charge in [-0.2, -0.15) is 10.2 Å². The van der Waals surface area contributed by atoms with Crippen LogP contribution in [0.4, 0.5) is 18.0 Å². The molecular weight excluding hydrogens is 449 g/mol. The van der Waals surface area contributed by atoms with Crippen molar-refractivity contribution < 1.29 is 22.7 Å². The third-order valence-electron chi connectivity index (χ3n) is 5.79. The fourth-order valence-corrected chi connectivity index (χ4v) is 4.14. The Morgan fingerprint density at radius 2 is 1.82 bits per heavy atom. The molecule has 0 radical (unpaired) electrons. The summed E-state index contributed by atoms with van der Waals surface area (Å²) in [4.78, 5) is 18.5. The number of hydrogen-bond acceptors (Lipinski definition) is 5. The maximum absolute atomic E-state index is 14.3. The molecule has 2 aliphatic rings. The fraction of sp³-hybridized carbons (Fsp3) is 0.304. The Morgan fingerprint density at radius 1 is 1.09 bits per heavy atom. The first-order valence-electron chi connectivity index (χ1n) is 10.7. The van der Waals surface area contributed by atoms with Crippen molar-refractivity contribution in [1.29, 1.82) is 0 Å². The van der Waals surface area contributed by atoms with E-state index in [4.69, 9.17) is 4.74 Å². The molecule has 2 aromatic heterocycles. The number of pyridine rings is 1. The third-order valence-corrected chi connectivity index (χ3v) is 5.79. The zero-order valence-corrected chi connectivity index (χ0v) is 18.5. The molecule has 0 aliphatic carbocycles. The highest BCUT2D eigenvalue weighted by Gasteiger charge is 2.39. The minimum absolute atomic E-state index is 0.0354. The van der Waals surface area contributed by atoms with E-state index in [9.17, 15) is 18.0 Å². The van der Waals surface area contributed by atoms with Gasteiger partial charge in [0.2, 0.25) is 0 Å². The summed E-state index contributed by atoms with van der Waals surface area (Å²) in [5.41, 5.74) is 2.37. The average Bonchev–Trinajstić information content (AvgIpc) is 3.37. The number of carbonyl (C=O) groups is 1. The Kier molecular flexibility index (Phi) is 5.46. The molecule has 8 nitrogen and oxygen atoms in total. The highest BCUT2D eigenvalue weighted by molar-refractivity contribution is 5.79. The Morgan fingerprint density at radius 3 is 2.50 bits per heavy atom. The highest BCUT2D eigenvalue weighted by atomic mass is 19.1. The Balaban J connectivity index is 1.24. The summed E-state index contributed by atoms with van der Waals surface area (Å²) in [6.45, 7) is 2.29. The summed E-state index contributed by atoms with van der Waals surface area (Å²) in [5.74, 6) is -2.00. The predicted octanol–water partition coefficient (Wildman–Crippen LogP) is 3.82. The van der Waals surface area contributed by atoms with E-state index in [-0.39, 0.29) is 18.8 Å². The number of halogens is 3. The van der Waals surface area contributed by atoms with Gasteiger partial charge in [-0.15, -0.1) is 0 Å². The van der Waals surface area contributed by atoms with Gasteiger partial charge in [-0.3, -0.25) is 9.67 Å². The first-order valence-corrected chi connectivity index (χ1v) is 10.7. The molecule has 1 fully saturated rings. The number of likely N-dealkylation sites (tertiary alicyclic amines) is 1. The monoisotopic (exact) mass is 470 g/mol. The maximum atomic E-state index is 14.3. The van der Waals surface area contributed by atoms with Crippen molar-refractivity contribution >= 4 is 12.2 Å². The lowest BCUT2D eigenvalue weighted by Crippen LogP contribution is -2.58. The van der Waals surface area contributed by atoms with Gasteiger partial charge in [0.1, 0.15) is 17.7 Å². The predicted molar refractivity (Wildman–Crippen MR) is 117 cm³/mol. The van der Waals surface area contributed by atoms with Gasteiger partial charge in [-0.05, 0) is 30.7 Å². The van der Waals surface area contributed by atoms with E-state index in [1.807, 2.05) is 13.0 Å². The van der Waals surface area contributed by atoms with Crippen molar-refractivity contribution in [2.75, 3.05) is 13.1 Å². The Bertz CT molecular complexity index is 1270. The number of hydrogen-bond donors (Lipinski definition) is 0. The highest BCUT2D eigenvalue weighted by Crippen LogP contribution is 2.32. The van der Waals surface area contributed by atoms with Crippen LogP contribution in [-0.4, -0.2) is 56.1 Å². The number of aryl methyl sites for hydroxylation is 2. The fourth-order valence-electron chi connectivity index (χ4n) is 4.14. The molecule has 1 unspecified atom stereocenters. The molecule has 11 heteroatoms. The van der Waals surface area contributed by atoms with E-state index in [0.717, 1.165) is 23.7 Å². The molecule has 4 heterocycles. The van der Waals surface area contributed by atoms with E-state index >= 15 is 0 Å². The van der Waals surface area contributed by atoms with Gasteiger partial charge in [-0.25, -0.2) is 23.0 Å². The summed E-state index contributed by atoms with van der Waals surface area (Å²) < 4.78 is 49.1. The van der Waals surface area contributed by atoms with E-state index < -0.39 is 35.6 Å². The number of aromatic nitrogens is 3. The van der Waals surface area contributed by atoms with Crippen LogP contribution in [0.15, 0.2) is 41.6 Å². The summed E-state index contributed by atoms with van der Waals surface area (Å²) in [7, 11) is 1.77. The van der Waals surface area contributed by atoms with Gasteiger partial charge < -0.3 is 9.64 Å². The summed E-state index contributed by atoms with van der Waals surface area (Å²) in [6, 6.07) is 5.50. The maximum Gasteiger partial charge on any atom is 0.341 e. The van der Waals surface area contributed by atoms with Crippen molar-refractivity contribution in [3.63, 3.8) is 0 Å². The van der Waals surface area contributed by atoms with Crippen LogP contribution in [0.25, 0.3) is 11.4 Å². The third kappa shape index (κ3) is 4.09. The quantitative estimate of drug-likeness (QED) is 0.581. The second-order valence-electron chi connectivity index (χ2n) is 8.32. The van der Waals surface area contributed by atoms with Gasteiger partial charge in [0.15, 0.2) is 11.6 Å². The van der Waals surface area contributed by atoms with Crippen LogP contribution >= 0.6 is 0 Å². The topological polar surface area (TPSA) is 75.8 Å². The number of rotatable bonds is 4. The van der Waals surface area contributed by atoms with E-state index in [0.29, 0.717) is 17.7 Å². The van der Waals surface area contributed by atoms with Crippen molar-refractivity contribution in [3.05, 3.63) is 65.2 Å². The largest absolute Gasteiger partial charge is 0.483 e. The van der Waals surface area contributed by atoms with Crippen molar-refractivity contribution in [2.24, 2.45) is 12.1 Å². The molecule has 2 amide bonds. The summed E-state index contributed by atoms with van der Waals surface area (Å²) in [6.07, 6.45) is 2.56. The zero-order chi connectivity index (χ0) is 24.0.